The summed E-state index contributed by atoms with van der Waals surface area (Å²) in [6.45, 7) is 8.22. The molecule has 2 nitrogen and oxygen atoms in total. The molecule has 0 saturated carbocycles. The van der Waals surface area contributed by atoms with Crippen LogP contribution < -0.4 is 0 Å². The lowest BCUT2D eigenvalue weighted by molar-refractivity contribution is 0.0926. The standard InChI is InChI=1S/C21H30N2S/c1-4-9-23-12-15(14-24-3)10-18-17-7-6-8-19-21(17)16(11-20(18)23)13-22(19)5-2/h6-8,13,15,18,20H,4-5,9-12,14H2,1-3H3. The summed E-state index contributed by atoms with van der Waals surface area (Å²) in [5.41, 5.74) is 4.68. The lowest BCUT2D eigenvalue weighted by Crippen LogP contribution is -2.50. The van der Waals surface area contributed by atoms with Gasteiger partial charge in [0.1, 0.15) is 0 Å². The van der Waals surface area contributed by atoms with Crippen LogP contribution in [0.15, 0.2) is 24.4 Å². The van der Waals surface area contributed by atoms with Crippen LogP contribution in [0.3, 0.4) is 0 Å². The smallest absolute Gasteiger partial charge is 0.0485 e. The summed E-state index contributed by atoms with van der Waals surface area (Å²) >= 11 is 2.02. The molecular weight excluding hydrogens is 312 g/mol. The Hall–Kier alpha value is -0.930. The lowest BCUT2D eigenvalue weighted by atomic mass is 9.72. The van der Waals surface area contributed by atoms with E-state index >= 15 is 0 Å². The molecule has 0 spiro atoms. The second kappa shape index (κ2) is 6.76. The zero-order valence-corrected chi connectivity index (χ0v) is 16.1. The molecule has 1 aromatic carbocycles. The molecule has 1 aliphatic carbocycles. The predicted octanol–water partition coefficient (Wildman–Crippen LogP) is 4.76. The van der Waals surface area contributed by atoms with E-state index in [0.717, 1.165) is 18.4 Å². The number of aromatic nitrogens is 1. The number of hydrogen-bond donors (Lipinski definition) is 0. The van der Waals surface area contributed by atoms with Gasteiger partial charge in [-0.3, -0.25) is 4.90 Å². The Kier molecular flexibility index (Phi) is 4.66. The van der Waals surface area contributed by atoms with Crippen molar-refractivity contribution in [1.29, 1.82) is 0 Å². The number of piperidine rings is 1. The Labute approximate surface area is 150 Å². The first-order valence-electron chi connectivity index (χ1n) is 9.60. The van der Waals surface area contributed by atoms with Crippen LogP contribution >= 0.6 is 11.8 Å². The molecule has 0 bridgehead atoms. The highest BCUT2D eigenvalue weighted by Gasteiger charge is 2.40. The molecule has 0 radical (unpaired) electrons. The fourth-order valence-corrected chi connectivity index (χ4v) is 5.95. The maximum absolute atomic E-state index is 2.82. The van der Waals surface area contributed by atoms with Crippen LogP contribution in [0.4, 0.5) is 0 Å². The third kappa shape index (κ3) is 2.61. The van der Waals surface area contributed by atoms with Crippen LogP contribution in [-0.2, 0) is 13.0 Å². The molecule has 2 heterocycles. The first kappa shape index (κ1) is 16.5. The largest absolute Gasteiger partial charge is 0.347 e. The summed E-state index contributed by atoms with van der Waals surface area (Å²) in [5.74, 6) is 2.88. The third-order valence-corrected chi connectivity index (χ3v) is 6.92. The van der Waals surface area contributed by atoms with E-state index in [4.69, 9.17) is 0 Å². The Morgan fingerprint density at radius 1 is 1.25 bits per heavy atom. The van der Waals surface area contributed by atoms with E-state index in [-0.39, 0.29) is 0 Å². The number of rotatable bonds is 5. The van der Waals surface area contributed by atoms with E-state index in [0.29, 0.717) is 6.04 Å². The van der Waals surface area contributed by atoms with E-state index in [1.165, 1.54) is 43.6 Å². The van der Waals surface area contributed by atoms with E-state index < -0.39 is 0 Å². The summed E-state index contributed by atoms with van der Waals surface area (Å²) in [5, 5.41) is 1.59. The van der Waals surface area contributed by atoms with Crippen LogP contribution in [0, 0.1) is 5.92 Å². The quantitative estimate of drug-likeness (QED) is 0.774. The normalized spacial score (nSPS) is 26.7. The van der Waals surface area contributed by atoms with Crippen molar-refractivity contribution in [2.75, 3.05) is 25.1 Å². The van der Waals surface area contributed by atoms with Gasteiger partial charge in [0, 0.05) is 42.1 Å². The Morgan fingerprint density at radius 3 is 2.88 bits per heavy atom. The highest BCUT2D eigenvalue weighted by molar-refractivity contribution is 7.98. The molecule has 24 heavy (non-hydrogen) atoms. The molecule has 3 unspecified atom stereocenters. The topological polar surface area (TPSA) is 8.17 Å². The number of benzene rings is 1. The van der Waals surface area contributed by atoms with Crippen molar-refractivity contribution in [1.82, 2.24) is 9.47 Å². The molecule has 1 fully saturated rings. The molecule has 1 aliphatic heterocycles. The van der Waals surface area contributed by atoms with Gasteiger partial charge in [-0.25, -0.2) is 0 Å². The zero-order chi connectivity index (χ0) is 16.7. The maximum Gasteiger partial charge on any atom is 0.0485 e. The van der Waals surface area contributed by atoms with Gasteiger partial charge < -0.3 is 4.57 Å². The monoisotopic (exact) mass is 342 g/mol. The van der Waals surface area contributed by atoms with Gasteiger partial charge in [0.25, 0.3) is 0 Å². The fraction of sp³-hybridized carbons (Fsp3) is 0.619. The minimum Gasteiger partial charge on any atom is -0.347 e. The van der Waals surface area contributed by atoms with Gasteiger partial charge in [-0.1, -0.05) is 19.1 Å². The minimum absolute atomic E-state index is 0.717. The summed E-state index contributed by atoms with van der Waals surface area (Å²) in [6, 6.07) is 7.75. The van der Waals surface area contributed by atoms with Crippen molar-refractivity contribution < 1.29 is 0 Å². The summed E-state index contributed by atoms with van der Waals surface area (Å²) in [4.78, 5) is 2.82. The second-order valence-electron chi connectivity index (χ2n) is 7.61. The van der Waals surface area contributed by atoms with Crippen LogP contribution in [0.2, 0.25) is 0 Å². The highest BCUT2D eigenvalue weighted by Crippen LogP contribution is 2.45. The molecule has 1 saturated heterocycles. The van der Waals surface area contributed by atoms with Crippen LogP contribution in [0.1, 0.15) is 43.7 Å². The molecule has 3 atom stereocenters. The van der Waals surface area contributed by atoms with Crippen molar-refractivity contribution in [2.24, 2.45) is 5.92 Å². The summed E-state index contributed by atoms with van der Waals surface area (Å²) < 4.78 is 2.45. The number of thioether (sulfide) groups is 1. The van der Waals surface area contributed by atoms with Gasteiger partial charge in [-0.15, -0.1) is 0 Å². The van der Waals surface area contributed by atoms with Gasteiger partial charge in [-0.05, 0) is 67.9 Å². The fourth-order valence-electron chi connectivity index (χ4n) is 5.24. The average molecular weight is 343 g/mol. The number of hydrogen-bond acceptors (Lipinski definition) is 2. The molecule has 3 heteroatoms. The highest BCUT2D eigenvalue weighted by atomic mass is 32.2. The Bertz CT molecular complexity index is 720. The number of nitrogens with zero attached hydrogens (tertiary/aromatic N) is 2. The molecule has 0 N–H and O–H groups in total. The minimum atomic E-state index is 0.717. The maximum atomic E-state index is 2.82. The van der Waals surface area contributed by atoms with E-state index in [1.807, 2.05) is 11.8 Å². The van der Waals surface area contributed by atoms with E-state index in [1.54, 1.807) is 16.5 Å². The van der Waals surface area contributed by atoms with Crippen molar-refractivity contribution in [2.45, 2.75) is 51.6 Å². The molecule has 1 aromatic heterocycles. The van der Waals surface area contributed by atoms with Crippen LogP contribution in [0.25, 0.3) is 10.9 Å². The van der Waals surface area contributed by atoms with Gasteiger partial charge >= 0.3 is 0 Å². The zero-order valence-electron chi connectivity index (χ0n) is 15.3. The molecule has 2 aliphatic rings. The van der Waals surface area contributed by atoms with E-state index in [2.05, 4.69) is 54.0 Å². The predicted molar refractivity (Wildman–Crippen MR) is 106 cm³/mol. The van der Waals surface area contributed by atoms with Gasteiger partial charge in [-0.2, -0.15) is 11.8 Å². The first-order valence-corrected chi connectivity index (χ1v) is 11.0. The number of fused-ring (bicyclic) bond motifs is 2. The SMILES string of the molecule is CCCN1CC(CSC)CC2c3cccc4c3c(cn4CC)CC21. The lowest BCUT2D eigenvalue weighted by Gasteiger charge is -2.47. The van der Waals surface area contributed by atoms with Crippen molar-refractivity contribution in [3.05, 3.63) is 35.5 Å². The first-order chi connectivity index (χ1) is 11.8. The molecule has 130 valence electrons. The third-order valence-electron chi connectivity index (χ3n) is 6.11. The second-order valence-corrected chi connectivity index (χ2v) is 8.52. The molecular formula is C21H30N2S. The molecule has 4 rings (SSSR count). The van der Waals surface area contributed by atoms with Gasteiger partial charge in [0.05, 0.1) is 0 Å². The van der Waals surface area contributed by atoms with E-state index in [9.17, 15) is 0 Å². The molecule has 2 aromatic rings. The van der Waals surface area contributed by atoms with Crippen LogP contribution in [0.5, 0.6) is 0 Å². The van der Waals surface area contributed by atoms with Crippen molar-refractivity contribution in [3.63, 3.8) is 0 Å². The Morgan fingerprint density at radius 2 is 2.12 bits per heavy atom. The van der Waals surface area contributed by atoms with Gasteiger partial charge in [0.2, 0.25) is 0 Å². The number of likely N-dealkylation sites (tertiary alicyclic amines) is 1. The molecule has 0 amide bonds. The number of aryl methyl sites for hydroxylation is 1. The summed E-state index contributed by atoms with van der Waals surface area (Å²) in [6.07, 6.45) is 8.58. The van der Waals surface area contributed by atoms with Gasteiger partial charge in [0.15, 0.2) is 0 Å². The van der Waals surface area contributed by atoms with Crippen molar-refractivity contribution >= 4 is 22.7 Å². The van der Waals surface area contributed by atoms with Crippen molar-refractivity contribution in [3.8, 4) is 0 Å². The summed E-state index contributed by atoms with van der Waals surface area (Å²) in [7, 11) is 0. The Balaban J connectivity index is 1.78. The van der Waals surface area contributed by atoms with Crippen LogP contribution in [-0.4, -0.2) is 40.6 Å². The average Bonchev–Trinajstić information content (AvgIpc) is 2.96.